The Balaban J connectivity index is 1.38. The van der Waals surface area contributed by atoms with Crippen molar-refractivity contribution in [3.05, 3.63) is 40.3 Å². The molecular formula is C18H23N3OS2. The fourth-order valence-electron chi connectivity index (χ4n) is 2.77. The van der Waals surface area contributed by atoms with Gasteiger partial charge in [-0.2, -0.15) is 11.8 Å². The highest BCUT2D eigenvalue weighted by molar-refractivity contribution is 7.98. The minimum Gasteiger partial charge on any atom is -0.372 e. The van der Waals surface area contributed by atoms with Crippen molar-refractivity contribution in [2.45, 2.75) is 31.9 Å². The molecule has 1 aliphatic rings. The standard InChI is InChI=1S/C18H23N3OS2/c1-14-19-16(13-24-14)12-23-11-8-18(22)20-15-4-6-17(7-5-15)21-9-2-3-10-21/h4-7,13H,2-3,8-12H2,1H3,(H,20,22). The molecule has 0 spiro atoms. The second kappa shape index (κ2) is 8.53. The summed E-state index contributed by atoms with van der Waals surface area (Å²) in [6.45, 7) is 4.30. The van der Waals surface area contributed by atoms with Crippen molar-refractivity contribution in [2.75, 3.05) is 29.1 Å². The van der Waals surface area contributed by atoms with Crippen molar-refractivity contribution in [3.63, 3.8) is 0 Å². The van der Waals surface area contributed by atoms with Crippen molar-refractivity contribution < 1.29 is 4.79 Å². The Morgan fingerprint density at radius 1 is 1.29 bits per heavy atom. The first-order chi connectivity index (χ1) is 11.7. The minimum absolute atomic E-state index is 0.0749. The smallest absolute Gasteiger partial charge is 0.225 e. The summed E-state index contributed by atoms with van der Waals surface area (Å²) in [6, 6.07) is 8.19. The highest BCUT2D eigenvalue weighted by Crippen LogP contribution is 2.22. The van der Waals surface area contributed by atoms with E-state index in [9.17, 15) is 4.79 Å². The summed E-state index contributed by atoms with van der Waals surface area (Å²) < 4.78 is 0. The number of nitrogens with one attached hydrogen (secondary N) is 1. The van der Waals surface area contributed by atoms with Crippen LogP contribution in [-0.2, 0) is 10.5 Å². The summed E-state index contributed by atoms with van der Waals surface area (Å²) in [4.78, 5) is 18.8. The summed E-state index contributed by atoms with van der Waals surface area (Å²) in [7, 11) is 0. The van der Waals surface area contributed by atoms with E-state index in [4.69, 9.17) is 0 Å². The highest BCUT2D eigenvalue weighted by atomic mass is 32.2. The van der Waals surface area contributed by atoms with Gasteiger partial charge in [-0.05, 0) is 44.0 Å². The second-order valence-corrected chi connectivity index (χ2v) is 8.12. The Kier molecular flexibility index (Phi) is 6.15. The van der Waals surface area contributed by atoms with E-state index in [0.29, 0.717) is 6.42 Å². The number of hydrogen-bond acceptors (Lipinski definition) is 5. The molecule has 3 rings (SSSR count). The number of nitrogens with zero attached hydrogens (tertiary/aromatic N) is 2. The molecule has 0 atom stereocenters. The molecule has 0 radical (unpaired) electrons. The number of anilines is 2. The van der Waals surface area contributed by atoms with Crippen LogP contribution in [0, 0.1) is 6.92 Å². The molecule has 4 nitrogen and oxygen atoms in total. The number of aryl methyl sites for hydroxylation is 1. The fourth-order valence-corrected chi connectivity index (χ4v) is 4.32. The lowest BCUT2D eigenvalue weighted by atomic mass is 10.2. The molecule has 0 saturated carbocycles. The Bertz CT molecular complexity index is 663. The predicted molar refractivity (Wildman–Crippen MR) is 104 cm³/mol. The van der Waals surface area contributed by atoms with E-state index in [2.05, 4.69) is 32.7 Å². The first-order valence-corrected chi connectivity index (χ1v) is 10.4. The molecule has 1 fully saturated rings. The van der Waals surface area contributed by atoms with Gasteiger partial charge in [-0.1, -0.05) is 0 Å². The maximum absolute atomic E-state index is 12.0. The van der Waals surface area contributed by atoms with Crippen LogP contribution in [0.4, 0.5) is 11.4 Å². The molecule has 1 N–H and O–H groups in total. The number of thiazole rings is 1. The number of thioether (sulfide) groups is 1. The monoisotopic (exact) mass is 361 g/mol. The van der Waals surface area contributed by atoms with Crippen molar-refractivity contribution in [3.8, 4) is 0 Å². The Hall–Kier alpha value is -1.53. The molecule has 1 aliphatic heterocycles. The lowest BCUT2D eigenvalue weighted by Gasteiger charge is -2.17. The molecule has 0 bridgehead atoms. The van der Waals surface area contributed by atoms with Gasteiger partial charge in [0.1, 0.15) is 0 Å². The Labute approximate surface area is 151 Å². The van der Waals surface area contributed by atoms with E-state index in [0.717, 1.165) is 41.0 Å². The molecule has 128 valence electrons. The second-order valence-electron chi connectivity index (χ2n) is 5.95. The topological polar surface area (TPSA) is 45.2 Å². The first kappa shape index (κ1) is 17.3. The molecule has 6 heteroatoms. The van der Waals surface area contributed by atoms with Gasteiger partial charge in [-0.15, -0.1) is 11.3 Å². The molecule has 2 aromatic rings. The van der Waals surface area contributed by atoms with Crippen LogP contribution in [0.2, 0.25) is 0 Å². The molecule has 0 aliphatic carbocycles. The van der Waals surface area contributed by atoms with E-state index in [-0.39, 0.29) is 5.91 Å². The van der Waals surface area contributed by atoms with E-state index in [1.807, 2.05) is 19.1 Å². The van der Waals surface area contributed by atoms with Gasteiger partial charge in [0.25, 0.3) is 0 Å². The highest BCUT2D eigenvalue weighted by Gasteiger charge is 2.12. The van der Waals surface area contributed by atoms with Gasteiger partial charge in [0, 0.05) is 47.8 Å². The molecule has 0 unspecified atom stereocenters. The summed E-state index contributed by atoms with van der Waals surface area (Å²) in [5.74, 6) is 1.77. The lowest BCUT2D eigenvalue weighted by molar-refractivity contribution is -0.115. The average Bonchev–Trinajstić information content (AvgIpc) is 3.24. The van der Waals surface area contributed by atoms with Crippen molar-refractivity contribution in [1.82, 2.24) is 4.98 Å². The summed E-state index contributed by atoms with van der Waals surface area (Å²) >= 11 is 3.43. The number of amides is 1. The zero-order chi connectivity index (χ0) is 16.8. The first-order valence-electron chi connectivity index (χ1n) is 8.34. The van der Waals surface area contributed by atoms with Crippen LogP contribution >= 0.6 is 23.1 Å². The van der Waals surface area contributed by atoms with Gasteiger partial charge in [0.15, 0.2) is 0 Å². The van der Waals surface area contributed by atoms with E-state index in [1.54, 1.807) is 23.1 Å². The van der Waals surface area contributed by atoms with Crippen LogP contribution in [-0.4, -0.2) is 29.7 Å². The molecular weight excluding hydrogens is 338 g/mol. The van der Waals surface area contributed by atoms with Gasteiger partial charge in [-0.3, -0.25) is 4.79 Å². The number of carbonyl (C=O) groups excluding carboxylic acids is 1. The van der Waals surface area contributed by atoms with Gasteiger partial charge in [0.2, 0.25) is 5.91 Å². The van der Waals surface area contributed by atoms with E-state index < -0.39 is 0 Å². The van der Waals surface area contributed by atoms with Gasteiger partial charge < -0.3 is 10.2 Å². The van der Waals surface area contributed by atoms with Crippen LogP contribution in [0.5, 0.6) is 0 Å². The van der Waals surface area contributed by atoms with Crippen LogP contribution < -0.4 is 10.2 Å². The Morgan fingerprint density at radius 3 is 2.71 bits per heavy atom. The zero-order valence-corrected chi connectivity index (χ0v) is 15.6. The zero-order valence-electron chi connectivity index (χ0n) is 14.0. The third kappa shape index (κ3) is 4.98. The lowest BCUT2D eigenvalue weighted by Crippen LogP contribution is -2.17. The number of hydrogen-bond donors (Lipinski definition) is 1. The Morgan fingerprint density at radius 2 is 2.04 bits per heavy atom. The van der Waals surface area contributed by atoms with Crippen LogP contribution in [0.25, 0.3) is 0 Å². The number of benzene rings is 1. The maximum atomic E-state index is 12.0. The van der Waals surface area contributed by atoms with Crippen molar-refractivity contribution in [2.24, 2.45) is 0 Å². The summed E-state index contributed by atoms with van der Waals surface area (Å²) in [5.41, 5.74) is 3.24. The fraction of sp³-hybridized carbons (Fsp3) is 0.444. The van der Waals surface area contributed by atoms with Crippen LogP contribution in [0.15, 0.2) is 29.6 Å². The van der Waals surface area contributed by atoms with E-state index in [1.165, 1.54) is 18.5 Å². The third-order valence-electron chi connectivity index (χ3n) is 4.01. The summed E-state index contributed by atoms with van der Waals surface area (Å²) in [5, 5.41) is 6.16. The normalized spacial score (nSPS) is 14.1. The summed E-state index contributed by atoms with van der Waals surface area (Å²) in [6.07, 6.45) is 3.08. The molecule has 24 heavy (non-hydrogen) atoms. The van der Waals surface area contributed by atoms with Crippen LogP contribution in [0.3, 0.4) is 0 Å². The molecule has 2 heterocycles. The predicted octanol–water partition coefficient (Wildman–Crippen LogP) is 4.31. The third-order valence-corrected chi connectivity index (χ3v) is 5.83. The number of aromatic nitrogens is 1. The SMILES string of the molecule is Cc1nc(CSCCC(=O)Nc2ccc(N3CCCC3)cc2)cs1. The van der Waals surface area contributed by atoms with Gasteiger partial charge in [-0.25, -0.2) is 4.98 Å². The van der Waals surface area contributed by atoms with Crippen molar-refractivity contribution >= 4 is 40.4 Å². The number of rotatable bonds is 7. The minimum atomic E-state index is 0.0749. The molecule has 1 amide bonds. The molecule has 1 aromatic carbocycles. The average molecular weight is 362 g/mol. The molecule has 1 saturated heterocycles. The largest absolute Gasteiger partial charge is 0.372 e. The van der Waals surface area contributed by atoms with Gasteiger partial charge in [0.05, 0.1) is 10.7 Å². The van der Waals surface area contributed by atoms with E-state index >= 15 is 0 Å². The van der Waals surface area contributed by atoms with Crippen LogP contribution in [0.1, 0.15) is 30.0 Å². The maximum Gasteiger partial charge on any atom is 0.225 e. The number of carbonyl (C=O) groups is 1. The molecule has 1 aromatic heterocycles. The van der Waals surface area contributed by atoms with Gasteiger partial charge >= 0.3 is 0 Å². The quantitative estimate of drug-likeness (QED) is 0.746. The van der Waals surface area contributed by atoms with Crippen molar-refractivity contribution in [1.29, 1.82) is 0 Å².